The van der Waals surface area contributed by atoms with Crippen LogP contribution in [0.15, 0.2) is 65.9 Å². The molecule has 18 heteroatoms. The van der Waals surface area contributed by atoms with Gasteiger partial charge in [-0.05, 0) is 42.3 Å². The van der Waals surface area contributed by atoms with Crippen LogP contribution in [0.5, 0.6) is 17.2 Å². The Labute approximate surface area is 320 Å². The largest absolute Gasteiger partial charge is 0.504 e. The van der Waals surface area contributed by atoms with Crippen molar-refractivity contribution in [3.63, 3.8) is 0 Å². The van der Waals surface area contributed by atoms with E-state index in [9.17, 15) is 50.4 Å². The van der Waals surface area contributed by atoms with E-state index >= 15 is 0 Å². The maximum atomic E-state index is 13.5. The Morgan fingerprint density at radius 2 is 1.41 bits per heavy atom. The van der Waals surface area contributed by atoms with E-state index < -0.39 is 98.8 Å². The minimum absolute atomic E-state index is 0.0302. The van der Waals surface area contributed by atoms with E-state index in [4.69, 9.17) is 37.9 Å². The molecule has 12 unspecified atom stereocenters. The molecule has 0 aromatic heterocycles. The molecule has 5 heterocycles. The highest BCUT2D eigenvalue weighted by Crippen LogP contribution is 2.38. The van der Waals surface area contributed by atoms with E-state index in [1.54, 1.807) is 43.3 Å². The lowest BCUT2D eigenvalue weighted by Gasteiger charge is -2.46. The highest BCUT2D eigenvalue weighted by molar-refractivity contribution is 5.91. The molecule has 5 aliphatic rings. The molecular weight excluding hydrogens is 744 g/mol. The highest BCUT2D eigenvalue weighted by Gasteiger charge is 2.52. The number of carbonyl (C=O) groups excluding carboxylic acids is 2. The van der Waals surface area contributed by atoms with Crippen molar-refractivity contribution in [1.29, 1.82) is 0 Å². The Kier molecular flexibility index (Phi) is 13.6. The van der Waals surface area contributed by atoms with Gasteiger partial charge in [-0.1, -0.05) is 24.3 Å². The second-order valence-electron chi connectivity index (χ2n) is 13.6. The van der Waals surface area contributed by atoms with Crippen LogP contribution in [0.2, 0.25) is 0 Å². The van der Waals surface area contributed by atoms with E-state index in [0.717, 1.165) is 11.8 Å². The molecule has 306 valence electrons. The summed E-state index contributed by atoms with van der Waals surface area (Å²) in [6, 6.07) is 11.8. The van der Waals surface area contributed by atoms with Crippen LogP contribution in [0, 0.1) is 5.92 Å². The van der Waals surface area contributed by atoms with E-state index in [-0.39, 0.29) is 48.7 Å². The first-order valence-corrected chi connectivity index (χ1v) is 18.1. The third-order valence-corrected chi connectivity index (χ3v) is 9.98. The molecule has 7 rings (SSSR count). The molecule has 12 atom stereocenters. The first-order valence-electron chi connectivity index (χ1n) is 18.1. The number of hydrogen-bond donors (Lipinski definition) is 8. The Bertz CT molecular complexity index is 1730. The van der Waals surface area contributed by atoms with Crippen molar-refractivity contribution in [3.8, 4) is 17.2 Å². The molecular formula is C38H46O18. The van der Waals surface area contributed by atoms with Gasteiger partial charge in [0.05, 0.1) is 44.7 Å². The van der Waals surface area contributed by atoms with Crippen LogP contribution < -0.4 is 4.74 Å². The summed E-state index contributed by atoms with van der Waals surface area (Å²) in [5.41, 5.74) is 1.73. The van der Waals surface area contributed by atoms with E-state index in [1.165, 1.54) is 12.1 Å². The smallest absolute Gasteiger partial charge is 0.337 e. The third-order valence-electron chi connectivity index (χ3n) is 9.98. The number of esters is 2. The minimum Gasteiger partial charge on any atom is -0.504 e. The molecule has 18 nitrogen and oxygen atoms in total. The Morgan fingerprint density at radius 3 is 2.11 bits per heavy atom. The van der Waals surface area contributed by atoms with Gasteiger partial charge in [0.15, 0.2) is 24.1 Å². The number of phenols is 1. The number of carbonyl (C=O) groups is 2. The lowest BCUT2D eigenvalue weighted by Crippen LogP contribution is -2.65. The molecule has 0 aliphatic carbocycles. The maximum Gasteiger partial charge on any atom is 0.337 e. The first kappa shape index (κ1) is 41.5. The Balaban J connectivity index is 1.22. The van der Waals surface area contributed by atoms with Crippen molar-refractivity contribution in [2.45, 2.75) is 93.9 Å². The lowest BCUT2D eigenvalue weighted by molar-refractivity contribution is -0.369. The lowest BCUT2D eigenvalue weighted by atomic mass is 9.86. The summed E-state index contributed by atoms with van der Waals surface area (Å²) in [5, 5.41) is 83.1. The molecule has 0 saturated carbocycles. The van der Waals surface area contributed by atoms with Gasteiger partial charge in [-0.3, -0.25) is 4.79 Å². The number of allylic oxidation sites excluding steroid dienone is 1. The molecule has 0 radical (unpaired) electrons. The predicted molar refractivity (Wildman–Crippen MR) is 186 cm³/mol. The number of aromatic hydroxyl groups is 1. The fraction of sp³-hybridized carbons (Fsp3) is 0.526. The topological polar surface area (TPSA) is 270 Å². The fourth-order valence-corrected chi connectivity index (χ4v) is 6.79. The molecule has 2 saturated heterocycles. The molecule has 2 fully saturated rings. The molecule has 56 heavy (non-hydrogen) atoms. The van der Waals surface area contributed by atoms with Crippen LogP contribution in [-0.4, -0.2) is 147 Å². The zero-order valence-electron chi connectivity index (χ0n) is 30.2. The van der Waals surface area contributed by atoms with Gasteiger partial charge in [0.1, 0.15) is 54.6 Å². The van der Waals surface area contributed by atoms with Crippen molar-refractivity contribution >= 4 is 11.9 Å². The molecule has 0 spiro atoms. The van der Waals surface area contributed by atoms with Gasteiger partial charge >= 0.3 is 11.9 Å². The number of hydrogen-bond acceptors (Lipinski definition) is 18. The van der Waals surface area contributed by atoms with E-state index in [2.05, 4.69) is 0 Å². The number of aliphatic hydroxyl groups excluding tert-OH is 7. The number of phenolic OH excluding ortho intramolecular Hbond substituents is 1. The quantitative estimate of drug-likeness (QED) is 0.132. The van der Waals surface area contributed by atoms with Crippen LogP contribution in [0.3, 0.4) is 0 Å². The number of fused-ring (bicyclic) bond motifs is 9. The molecule has 0 amide bonds. The third kappa shape index (κ3) is 9.17. The second-order valence-corrected chi connectivity index (χ2v) is 13.6. The normalized spacial score (nSPS) is 35.1. The van der Waals surface area contributed by atoms with Crippen LogP contribution in [-0.2, 0) is 55.6 Å². The highest BCUT2D eigenvalue weighted by atomic mass is 16.8. The second kappa shape index (κ2) is 18.4. The van der Waals surface area contributed by atoms with Gasteiger partial charge < -0.3 is 78.7 Å². The zero-order valence-corrected chi connectivity index (χ0v) is 30.2. The van der Waals surface area contributed by atoms with Gasteiger partial charge in [-0.15, -0.1) is 0 Å². The Morgan fingerprint density at radius 1 is 0.768 bits per heavy atom. The van der Waals surface area contributed by atoms with Gasteiger partial charge in [-0.25, -0.2) is 4.79 Å². The molecule has 2 aromatic rings. The standard InChI is InChI=1S/C38H46O18/c1-2-21-22-14-28(42)49-11-10-19-5-8-24(41)25(13-19)52-20-6-3-18(4-7-20)9-12-50-35(48)23(22)17-51-36(21)56-38-33(47)34(30(44)27(16-40)54-38)55-37-32(46)31(45)29(43)26(15-39)53-37/h2-8,13,17,22,26-27,29-34,36-41,43-47H,9-12,14-16H2,1H3. The fourth-order valence-electron chi connectivity index (χ4n) is 6.79. The van der Waals surface area contributed by atoms with Crippen LogP contribution in [0.4, 0.5) is 0 Å². The van der Waals surface area contributed by atoms with Crippen LogP contribution in [0.1, 0.15) is 24.5 Å². The summed E-state index contributed by atoms with van der Waals surface area (Å²) in [7, 11) is 0. The van der Waals surface area contributed by atoms with Crippen LogP contribution in [0.25, 0.3) is 0 Å². The van der Waals surface area contributed by atoms with Gasteiger partial charge in [0.25, 0.3) is 0 Å². The maximum absolute atomic E-state index is 13.5. The predicted octanol–water partition coefficient (Wildman–Crippen LogP) is -0.797. The number of ether oxygens (including phenoxy) is 8. The summed E-state index contributed by atoms with van der Waals surface area (Å²) >= 11 is 0. The summed E-state index contributed by atoms with van der Waals surface area (Å²) < 4.78 is 45.5. The molecule has 5 aliphatic heterocycles. The average molecular weight is 791 g/mol. The zero-order chi connectivity index (χ0) is 40.1. The molecule has 8 N–H and O–H groups in total. The van der Waals surface area contributed by atoms with Crippen molar-refractivity contribution in [3.05, 3.63) is 77.1 Å². The van der Waals surface area contributed by atoms with Gasteiger partial charge in [0.2, 0.25) is 6.29 Å². The summed E-state index contributed by atoms with van der Waals surface area (Å²) in [5.74, 6) is -1.88. The molecule has 4 bridgehead atoms. The van der Waals surface area contributed by atoms with Crippen molar-refractivity contribution < 1.29 is 88.3 Å². The number of aliphatic hydroxyl groups is 7. The van der Waals surface area contributed by atoms with Crippen molar-refractivity contribution in [1.82, 2.24) is 0 Å². The summed E-state index contributed by atoms with van der Waals surface area (Å²) in [4.78, 5) is 26.8. The summed E-state index contributed by atoms with van der Waals surface area (Å²) in [6.45, 7) is -0.0548. The monoisotopic (exact) mass is 790 g/mol. The van der Waals surface area contributed by atoms with Crippen LogP contribution >= 0.6 is 0 Å². The number of benzene rings is 2. The van der Waals surface area contributed by atoms with Gasteiger partial charge in [-0.2, -0.15) is 0 Å². The van der Waals surface area contributed by atoms with E-state index in [0.29, 0.717) is 17.7 Å². The van der Waals surface area contributed by atoms with Crippen molar-refractivity contribution in [2.24, 2.45) is 5.92 Å². The number of rotatable bonds is 6. The SMILES string of the molecule is CC=C1C(OC2OC(CO)C(O)C(OC3OC(CO)C(O)C(O)C3O)C2O)OC=C2C(=O)OCCc3ccc(cc3)Oc3cc(ccc3O)CCOC(=O)CC21. The Hall–Kier alpha value is -4.18. The summed E-state index contributed by atoms with van der Waals surface area (Å²) in [6.07, 6.45) is -15.6. The average Bonchev–Trinajstić information content (AvgIpc) is 3.19. The first-order chi connectivity index (χ1) is 26.9. The molecule has 2 aromatic carbocycles. The van der Waals surface area contributed by atoms with Gasteiger partial charge in [0, 0.05) is 24.3 Å². The van der Waals surface area contributed by atoms with Crippen molar-refractivity contribution in [2.75, 3.05) is 26.4 Å². The minimum atomic E-state index is -1.88. The van der Waals surface area contributed by atoms with E-state index in [1.807, 2.05) is 0 Å².